The lowest BCUT2D eigenvalue weighted by atomic mass is 9.88. The van der Waals surface area contributed by atoms with Gasteiger partial charge in [0.25, 0.3) is 0 Å². The molecular weight excluding hydrogens is 231 g/mol. The third-order valence-corrected chi connectivity index (χ3v) is 3.42. The van der Waals surface area contributed by atoms with Crippen molar-refractivity contribution in [2.45, 2.75) is 32.1 Å². The van der Waals surface area contributed by atoms with Crippen LogP contribution in [-0.2, 0) is 0 Å². The molecule has 2 rings (SSSR count). The van der Waals surface area contributed by atoms with Crippen molar-refractivity contribution in [2.75, 3.05) is 7.11 Å². The molecule has 1 aliphatic carbocycles. The van der Waals surface area contributed by atoms with Crippen LogP contribution in [0, 0.1) is 11.7 Å². The molecule has 0 radical (unpaired) electrons. The molecule has 1 saturated carbocycles. The highest BCUT2D eigenvalue weighted by molar-refractivity contribution is 5.85. The van der Waals surface area contributed by atoms with Gasteiger partial charge in [-0.15, -0.1) is 0 Å². The van der Waals surface area contributed by atoms with Crippen molar-refractivity contribution in [1.29, 1.82) is 0 Å². The molecule has 1 fully saturated rings. The van der Waals surface area contributed by atoms with Gasteiger partial charge in [-0.2, -0.15) is 0 Å². The standard InChI is InChI=1S/C14H19FN2O/c1-18-13-9-11(7-8-12(13)15)17-14(16)10-5-3-2-4-6-10/h7-10H,2-6H2,1H3,(H2,16,17). The van der Waals surface area contributed by atoms with E-state index in [-0.39, 0.29) is 11.6 Å². The first kappa shape index (κ1) is 12.9. The van der Waals surface area contributed by atoms with E-state index < -0.39 is 0 Å². The van der Waals surface area contributed by atoms with Crippen LogP contribution < -0.4 is 10.5 Å². The molecule has 0 aromatic heterocycles. The van der Waals surface area contributed by atoms with E-state index in [1.165, 1.54) is 32.4 Å². The number of hydrogen-bond acceptors (Lipinski definition) is 2. The van der Waals surface area contributed by atoms with E-state index in [0.29, 0.717) is 17.4 Å². The molecule has 1 aromatic carbocycles. The largest absolute Gasteiger partial charge is 0.494 e. The van der Waals surface area contributed by atoms with E-state index in [9.17, 15) is 4.39 Å². The van der Waals surface area contributed by atoms with Gasteiger partial charge in [0.1, 0.15) is 5.84 Å². The van der Waals surface area contributed by atoms with Gasteiger partial charge in [-0.25, -0.2) is 9.38 Å². The fourth-order valence-corrected chi connectivity index (χ4v) is 2.36. The number of amidine groups is 1. The number of benzene rings is 1. The third kappa shape index (κ3) is 3.00. The number of ether oxygens (including phenoxy) is 1. The maximum atomic E-state index is 13.3. The summed E-state index contributed by atoms with van der Waals surface area (Å²) >= 11 is 0. The lowest BCUT2D eigenvalue weighted by Crippen LogP contribution is -2.25. The van der Waals surface area contributed by atoms with Crippen LogP contribution in [0.25, 0.3) is 0 Å². The summed E-state index contributed by atoms with van der Waals surface area (Å²) in [5, 5.41) is 0. The van der Waals surface area contributed by atoms with Gasteiger partial charge in [0.05, 0.1) is 12.8 Å². The van der Waals surface area contributed by atoms with Crippen molar-refractivity contribution in [2.24, 2.45) is 16.6 Å². The molecule has 98 valence electrons. The molecule has 0 spiro atoms. The molecule has 0 atom stereocenters. The van der Waals surface area contributed by atoms with Gasteiger partial charge < -0.3 is 10.5 Å². The van der Waals surface area contributed by atoms with E-state index in [2.05, 4.69) is 4.99 Å². The highest BCUT2D eigenvalue weighted by Crippen LogP contribution is 2.27. The first-order valence-corrected chi connectivity index (χ1v) is 6.38. The van der Waals surface area contributed by atoms with E-state index in [1.807, 2.05) is 0 Å². The van der Waals surface area contributed by atoms with Gasteiger partial charge in [0.2, 0.25) is 0 Å². The summed E-state index contributed by atoms with van der Waals surface area (Å²) < 4.78 is 18.2. The van der Waals surface area contributed by atoms with Crippen molar-refractivity contribution >= 4 is 11.5 Å². The lowest BCUT2D eigenvalue weighted by molar-refractivity contribution is 0.386. The summed E-state index contributed by atoms with van der Waals surface area (Å²) in [5.74, 6) is 0.846. The Hall–Kier alpha value is -1.58. The van der Waals surface area contributed by atoms with Gasteiger partial charge >= 0.3 is 0 Å². The smallest absolute Gasteiger partial charge is 0.165 e. The summed E-state index contributed by atoms with van der Waals surface area (Å²) in [4.78, 5) is 4.38. The number of rotatable bonds is 3. The van der Waals surface area contributed by atoms with Crippen molar-refractivity contribution < 1.29 is 9.13 Å². The predicted molar refractivity (Wildman–Crippen MR) is 70.8 cm³/mol. The average molecular weight is 250 g/mol. The molecule has 18 heavy (non-hydrogen) atoms. The zero-order valence-corrected chi connectivity index (χ0v) is 10.7. The van der Waals surface area contributed by atoms with E-state index in [0.717, 1.165) is 12.8 Å². The predicted octanol–water partition coefficient (Wildman–Crippen LogP) is 3.40. The van der Waals surface area contributed by atoms with Gasteiger partial charge in [0.15, 0.2) is 11.6 Å². The van der Waals surface area contributed by atoms with Gasteiger partial charge in [-0.1, -0.05) is 19.3 Å². The molecular formula is C14H19FN2O. The Labute approximate surface area is 107 Å². The number of nitrogens with two attached hydrogens (primary N) is 1. The highest BCUT2D eigenvalue weighted by Gasteiger charge is 2.17. The molecule has 0 aliphatic heterocycles. The van der Waals surface area contributed by atoms with Crippen molar-refractivity contribution in [3.05, 3.63) is 24.0 Å². The summed E-state index contributed by atoms with van der Waals surface area (Å²) in [5.41, 5.74) is 6.67. The number of hydrogen-bond donors (Lipinski definition) is 1. The van der Waals surface area contributed by atoms with E-state index in [4.69, 9.17) is 10.5 Å². The van der Waals surface area contributed by atoms with Crippen LogP contribution in [0.5, 0.6) is 5.75 Å². The summed E-state index contributed by atoms with van der Waals surface area (Å²) in [6.07, 6.45) is 5.93. The molecule has 0 amide bonds. The van der Waals surface area contributed by atoms with Gasteiger partial charge in [-0.3, -0.25) is 0 Å². The van der Waals surface area contributed by atoms with Crippen LogP contribution in [0.3, 0.4) is 0 Å². The minimum atomic E-state index is -0.382. The fraction of sp³-hybridized carbons (Fsp3) is 0.500. The summed E-state index contributed by atoms with van der Waals surface area (Å²) in [6, 6.07) is 4.55. The molecule has 4 heteroatoms. The van der Waals surface area contributed by atoms with Crippen LogP contribution in [0.4, 0.5) is 10.1 Å². The minimum absolute atomic E-state index is 0.202. The van der Waals surface area contributed by atoms with Crippen LogP contribution >= 0.6 is 0 Å². The minimum Gasteiger partial charge on any atom is -0.494 e. The average Bonchev–Trinajstić information content (AvgIpc) is 2.42. The third-order valence-electron chi connectivity index (χ3n) is 3.42. The van der Waals surface area contributed by atoms with Crippen LogP contribution in [-0.4, -0.2) is 12.9 Å². The molecule has 2 N–H and O–H groups in total. The zero-order chi connectivity index (χ0) is 13.0. The molecule has 0 saturated heterocycles. The monoisotopic (exact) mass is 250 g/mol. The molecule has 0 unspecified atom stereocenters. The normalized spacial score (nSPS) is 17.8. The van der Waals surface area contributed by atoms with Crippen LogP contribution in [0.1, 0.15) is 32.1 Å². The maximum Gasteiger partial charge on any atom is 0.165 e. The van der Waals surface area contributed by atoms with E-state index >= 15 is 0 Å². The van der Waals surface area contributed by atoms with E-state index in [1.54, 1.807) is 12.1 Å². The fourth-order valence-electron chi connectivity index (χ4n) is 2.36. The highest BCUT2D eigenvalue weighted by atomic mass is 19.1. The van der Waals surface area contributed by atoms with Crippen LogP contribution in [0.2, 0.25) is 0 Å². The Balaban J connectivity index is 2.15. The summed E-state index contributed by atoms with van der Waals surface area (Å²) in [6.45, 7) is 0. The zero-order valence-electron chi connectivity index (χ0n) is 10.7. The first-order chi connectivity index (χ1) is 8.70. The first-order valence-electron chi connectivity index (χ1n) is 6.38. The number of methoxy groups -OCH3 is 1. The number of halogens is 1. The Morgan fingerprint density at radius 1 is 1.33 bits per heavy atom. The molecule has 1 aromatic rings. The Morgan fingerprint density at radius 3 is 2.72 bits per heavy atom. The van der Waals surface area contributed by atoms with Gasteiger partial charge in [-0.05, 0) is 25.0 Å². The SMILES string of the molecule is COc1cc(N=C(N)C2CCCCC2)ccc1F. The second kappa shape index (κ2) is 5.85. The lowest BCUT2D eigenvalue weighted by Gasteiger charge is -2.20. The Kier molecular flexibility index (Phi) is 4.18. The molecule has 3 nitrogen and oxygen atoms in total. The second-order valence-corrected chi connectivity index (χ2v) is 4.69. The Bertz CT molecular complexity index is 439. The molecule has 0 bridgehead atoms. The topological polar surface area (TPSA) is 47.6 Å². The quantitative estimate of drug-likeness (QED) is 0.660. The second-order valence-electron chi connectivity index (χ2n) is 4.69. The number of aliphatic imine (C=N–C) groups is 1. The Morgan fingerprint density at radius 2 is 2.06 bits per heavy atom. The number of nitrogens with zero attached hydrogens (tertiary/aromatic N) is 1. The summed E-state index contributed by atoms with van der Waals surface area (Å²) in [7, 11) is 1.44. The van der Waals surface area contributed by atoms with Crippen molar-refractivity contribution in [1.82, 2.24) is 0 Å². The van der Waals surface area contributed by atoms with Crippen molar-refractivity contribution in [3.8, 4) is 5.75 Å². The van der Waals surface area contributed by atoms with Gasteiger partial charge in [0, 0.05) is 12.0 Å². The maximum absolute atomic E-state index is 13.3. The van der Waals surface area contributed by atoms with Crippen LogP contribution in [0.15, 0.2) is 23.2 Å². The molecule has 0 heterocycles. The molecule has 1 aliphatic rings. The van der Waals surface area contributed by atoms with Crippen molar-refractivity contribution in [3.63, 3.8) is 0 Å².